The summed E-state index contributed by atoms with van der Waals surface area (Å²) in [6, 6.07) is 0. The highest BCUT2D eigenvalue weighted by Crippen LogP contribution is 2.25. The first-order chi connectivity index (χ1) is 8.27. The molecule has 0 bridgehead atoms. The predicted molar refractivity (Wildman–Crippen MR) is 62.3 cm³/mol. The number of esters is 1. The molecule has 8 heteroatoms. The molecule has 18 heavy (non-hydrogen) atoms. The first kappa shape index (κ1) is 14.9. The Balaban J connectivity index is 2.71. The third-order valence-corrected chi connectivity index (χ3v) is 4.58. The lowest BCUT2D eigenvalue weighted by molar-refractivity contribution is -0.142. The summed E-state index contributed by atoms with van der Waals surface area (Å²) in [4.78, 5) is 22.1. The summed E-state index contributed by atoms with van der Waals surface area (Å²) in [5.41, 5.74) is 0. The van der Waals surface area contributed by atoms with Crippen molar-refractivity contribution >= 4 is 22.0 Å². The molecule has 0 saturated carbocycles. The molecule has 104 valence electrons. The molecule has 1 aliphatic rings. The van der Waals surface area contributed by atoms with Gasteiger partial charge < -0.3 is 9.84 Å². The van der Waals surface area contributed by atoms with Gasteiger partial charge in [0.05, 0.1) is 12.5 Å². The number of aliphatic carboxylic acids is 1. The molecule has 0 aliphatic carbocycles. The number of nitrogens with zero attached hydrogens (tertiary/aromatic N) is 1. The second-order valence-electron chi connectivity index (χ2n) is 4.30. The summed E-state index contributed by atoms with van der Waals surface area (Å²) in [6.07, 6.45) is 0. The van der Waals surface area contributed by atoms with Gasteiger partial charge in [-0.3, -0.25) is 9.59 Å². The third kappa shape index (κ3) is 3.42. The number of carbonyl (C=O) groups excluding carboxylic acids is 1. The normalized spacial score (nSPS) is 25.0. The molecule has 0 aromatic carbocycles. The summed E-state index contributed by atoms with van der Waals surface area (Å²) < 4.78 is 29.4. The van der Waals surface area contributed by atoms with Crippen molar-refractivity contribution in [1.29, 1.82) is 0 Å². The second-order valence-corrected chi connectivity index (χ2v) is 6.27. The van der Waals surface area contributed by atoms with Crippen molar-refractivity contribution in [3.05, 3.63) is 0 Å². The van der Waals surface area contributed by atoms with Crippen LogP contribution in [-0.2, 0) is 24.3 Å². The fraction of sp³-hybridized carbons (Fsp3) is 0.800. The van der Waals surface area contributed by atoms with Crippen molar-refractivity contribution in [2.45, 2.75) is 13.8 Å². The summed E-state index contributed by atoms with van der Waals surface area (Å²) in [6.45, 7) is 3.42. The quantitative estimate of drug-likeness (QED) is 0.683. The number of hydrogen-bond donors (Lipinski definition) is 1. The molecule has 0 radical (unpaired) electrons. The summed E-state index contributed by atoms with van der Waals surface area (Å²) >= 11 is 0. The van der Waals surface area contributed by atoms with Gasteiger partial charge in [0.1, 0.15) is 0 Å². The van der Waals surface area contributed by atoms with Crippen LogP contribution in [0.2, 0.25) is 0 Å². The van der Waals surface area contributed by atoms with Crippen LogP contribution in [0.25, 0.3) is 0 Å². The lowest BCUT2D eigenvalue weighted by Crippen LogP contribution is -2.35. The summed E-state index contributed by atoms with van der Waals surface area (Å²) in [5, 5.41) is 8.92. The standard InChI is InChI=1S/C10H17NO6S/c1-3-17-9(12)6-18(15,16)11-4-7(2)8(5-11)10(13)14/h7-8H,3-6H2,1-2H3,(H,13,14). The number of carboxylic acids is 1. The van der Waals surface area contributed by atoms with E-state index in [1.807, 2.05) is 0 Å². The van der Waals surface area contributed by atoms with Crippen LogP contribution in [0.3, 0.4) is 0 Å². The Kier molecular flexibility index (Phi) is 4.69. The lowest BCUT2D eigenvalue weighted by Gasteiger charge is -2.15. The van der Waals surface area contributed by atoms with E-state index < -0.39 is 33.6 Å². The van der Waals surface area contributed by atoms with E-state index in [4.69, 9.17) is 5.11 Å². The number of ether oxygens (including phenoxy) is 1. The van der Waals surface area contributed by atoms with Crippen molar-refractivity contribution in [2.75, 3.05) is 25.4 Å². The van der Waals surface area contributed by atoms with E-state index in [0.717, 1.165) is 4.31 Å². The number of rotatable bonds is 5. The highest BCUT2D eigenvalue weighted by Gasteiger charge is 2.40. The molecule has 0 aromatic rings. The van der Waals surface area contributed by atoms with Crippen LogP contribution in [0.5, 0.6) is 0 Å². The molecule has 0 spiro atoms. The monoisotopic (exact) mass is 279 g/mol. The maximum Gasteiger partial charge on any atom is 0.322 e. The molecule has 0 amide bonds. The average molecular weight is 279 g/mol. The van der Waals surface area contributed by atoms with Crippen LogP contribution in [0.4, 0.5) is 0 Å². The van der Waals surface area contributed by atoms with Gasteiger partial charge in [-0.15, -0.1) is 0 Å². The predicted octanol–water partition coefficient (Wildman–Crippen LogP) is -0.468. The Labute approximate surface area is 106 Å². The molecule has 2 atom stereocenters. The van der Waals surface area contributed by atoms with E-state index >= 15 is 0 Å². The fourth-order valence-corrected chi connectivity index (χ4v) is 3.33. The van der Waals surface area contributed by atoms with E-state index in [-0.39, 0.29) is 25.6 Å². The van der Waals surface area contributed by atoms with Crippen LogP contribution < -0.4 is 0 Å². The van der Waals surface area contributed by atoms with Gasteiger partial charge in [-0.25, -0.2) is 12.7 Å². The van der Waals surface area contributed by atoms with E-state index in [2.05, 4.69) is 4.74 Å². The van der Waals surface area contributed by atoms with Crippen LogP contribution in [0, 0.1) is 11.8 Å². The maximum absolute atomic E-state index is 11.9. The summed E-state index contributed by atoms with van der Waals surface area (Å²) in [5.74, 6) is -3.55. The third-order valence-electron chi connectivity index (χ3n) is 2.90. The zero-order chi connectivity index (χ0) is 13.9. The SMILES string of the molecule is CCOC(=O)CS(=O)(=O)N1CC(C)C(C(=O)O)C1. The van der Waals surface area contributed by atoms with E-state index in [1.165, 1.54) is 0 Å². The smallest absolute Gasteiger partial charge is 0.322 e. The molecule has 1 saturated heterocycles. The highest BCUT2D eigenvalue weighted by molar-refractivity contribution is 7.89. The summed E-state index contributed by atoms with van der Waals surface area (Å²) in [7, 11) is -3.79. The van der Waals surface area contributed by atoms with Gasteiger partial charge in [-0.2, -0.15) is 0 Å². The number of hydrogen-bond acceptors (Lipinski definition) is 5. The Morgan fingerprint density at radius 3 is 2.44 bits per heavy atom. The molecule has 2 unspecified atom stereocenters. The Morgan fingerprint density at radius 1 is 1.39 bits per heavy atom. The molecular weight excluding hydrogens is 262 g/mol. The van der Waals surface area contributed by atoms with Gasteiger partial charge in [-0.05, 0) is 12.8 Å². The Morgan fingerprint density at radius 2 is 2.00 bits per heavy atom. The van der Waals surface area contributed by atoms with Crippen molar-refractivity contribution in [1.82, 2.24) is 4.31 Å². The maximum atomic E-state index is 11.9. The van der Waals surface area contributed by atoms with E-state index in [0.29, 0.717) is 0 Å². The zero-order valence-corrected chi connectivity index (χ0v) is 11.1. The average Bonchev–Trinajstić information content (AvgIpc) is 2.60. The fourth-order valence-electron chi connectivity index (χ4n) is 1.91. The van der Waals surface area contributed by atoms with Gasteiger partial charge >= 0.3 is 11.9 Å². The number of carbonyl (C=O) groups is 2. The lowest BCUT2D eigenvalue weighted by atomic mass is 9.99. The molecule has 1 aliphatic heterocycles. The van der Waals surface area contributed by atoms with Gasteiger partial charge in [-0.1, -0.05) is 6.92 Å². The Hall–Kier alpha value is -1.15. The van der Waals surface area contributed by atoms with Crippen molar-refractivity contribution in [3.63, 3.8) is 0 Å². The number of carboxylic acid groups (broad SMARTS) is 1. The van der Waals surface area contributed by atoms with E-state index in [1.54, 1.807) is 13.8 Å². The van der Waals surface area contributed by atoms with Crippen molar-refractivity contribution < 1.29 is 27.9 Å². The topological polar surface area (TPSA) is 101 Å². The number of sulfonamides is 1. The van der Waals surface area contributed by atoms with Crippen LogP contribution in [0.1, 0.15) is 13.8 Å². The van der Waals surface area contributed by atoms with Gasteiger partial charge in [0, 0.05) is 13.1 Å². The first-order valence-corrected chi connectivity index (χ1v) is 7.25. The zero-order valence-electron chi connectivity index (χ0n) is 10.3. The van der Waals surface area contributed by atoms with Crippen molar-refractivity contribution in [2.24, 2.45) is 11.8 Å². The van der Waals surface area contributed by atoms with Gasteiger partial charge in [0.2, 0.25) is 10.0 Å². The second kappa shape index (κ2) is 5.66. The molecule has 1 rings (SSSR count). The molecular formula is C10H17NO6S. The Bertz CT molecular complexity index is 432. The van der Waals surface area contributed by atoms with Crippen LogP contribution >= 0.6 is 0 Å². The minimum Gasteiger partial charge on any atom is -0.481 e. The van der Waals surface area contributed by atoms with Gasteiger partial charge in [0.25, 0.3) is 0 Å². The van der Waals surface area contributed by atoms with Crippen LogP contribution in [-0.4, -0.2) is 55.2 Å². The highest BCUT2D eigenvalue weighted by atomic mass is 32.2. The first-order valence-electron chi connectivity index (χ1n) is 5.64. The van der Waals surface area contributed by atoms with E-state index in [9.17, 15) is 18.0 Å². The van der Waals surface area contributed by atoms with Gasteiger partial charge in [0.15, 0.2) is 5.75 Å². The molecule has 7 nitrogen and oxygen atoms in total. The molecule has 1 fully saturated rings. The molecule has 1 N–H and O–H groups in total. The largest absolute Gasteiger partial charge is 0.481 e. The molecule has 0 aromatic heterocycles. The van der Waals surface area contributed by atoms with Crippen molar-refractivity contribution in [3.8, 4) is 0 Å². The van der Waals surface area contributed by atoms with Crippen LogP contribution in [0.15, 0.2) is 0 Å². The minimum atomic E-state index is -3.79. The molecule has 1 heterocycles. The minimum absolute atomic E-state index is 0.0851.